The highest BCUT2D eigenvalue weighted by molar-refractivity contribution is 7.19. The van der Waals surface area contributed by atoms with E-state index in [2.05, 4.69) is 15.4 Å². The smallest absolute Gasteiger partial charge is 0.275 e. The van der Waals surface area contributed by atoms with Crippen molar-refractivity contribution in [3.8, 4) is 16.3 Å². The van der Waals surface area contributed by atoms with E-state index in [4.69, 9.17) is 16.3 Å². The van der Waals surface area contributed by atoms with E-state index >= 15 is 0 Å². The van der Waals surface area contributed by atoms with Crippen molar-refractivity contribution in [1.29, 1.82) is 0 Å². The molecule has 0 aliphatic carbocycles. The Bertz CT molecular complexity index is 1270. The Labute approximate surface area is 180 Å². The summed E-state index contributed by atoms with van der Waals surface area (Å²) in [5, 5.41) is 8.37. The van der Waals surface area contributed by atoms with Gasteiger partial charge in [-0.05, 0) is 37.3 Å². The van der Waals surface area contributed by atoms with Crippen LogP contribution in [0, 0.1) is 6.92 Å². The molecule has 2 heterocycles. The van der Waals surface area contributed by atoms with Crippen molar-refractivity contribution in [3.63, 3.8) is 0 Å². The molecule has 0 bridgehead atoms. The summed E-state index contributed by atoms with van der Waals surface area (Å²) in [5.41, 5.74) is 2.20. The Balaban J connectivity index is 1.43. The SMILES string of the molecule is Cc1cccc(-c2nn3c(=O)cc(CNC(=O)COc4ccc(Cl)cc4)nc3s2)c1. The summed E-state index contributed by atoms with van der Waals surface area (Å²) in [6.07, 6.45) is 0. The zero-order chi connectivity index (χ0) is 21.1. The molecule has 152 valence electrons. The maximum Gasteiger partial charge on any atom is 0.275 e. The topological polar surface area (TPSA) is 85.6 Å². The quantitative estimate of drug-likeness (QED) is 0.496. The molecule has 0 fully saturated rings. The molecule has 0 unspecified atom stereocenters. The van der Waals surface area contributed by atoms with Crippen LogP contribution in [0.4, 0.5) is 0 Å². The summed E-state index contributed by atoms with van der Waals surface area (Å²) in [4.78, 5) is 29.4. The van der Waals surface area contributed by atoms with E-state index in [9.17, 15) is 9.59 Å². The number of hydrogen-bond donors (Lipinski definition) is 1. The summed E-state index contributed by atoms with van der Waals surface area (Å²) in [7, 11) is 0. The van der Waals surface area contributed by atoms with Crippen molar-refractivity contribution in [3.05, 3.63) is 81.2 Å². The highest BCUT2D eigenvalue weighted by Crippen LogP contribution is 2.24. The Morgan fingerprint density at radius 3 is 2.77 bits per heavy atom. The molecule has 4 rings (SSSR count). The number of fused-ring (bicyclic) bond motifs is 1. The van der Waals surface area contributed by atoms with Crippen LogP contribution in [0.3, 0.4) is 0 Å². The van der Waals surface area contributed by atoms with E-state index in [1.54, 1.807) is 24.3 Å². The average Bonchev–Trinajstić information content (AvgIpc) is 3.17. The number of nitrogens with one attached hydrogen (secondary N) is 1. The van der Waals surface area contributed by atoms with Crippen LogP contribution in [0.5, 0.6) is 5.75 Å². The first-order chi connectivity index (χ1) is 14.5. The molecule has 0 spiro atoms. The molecule has 9 heteroatoms. The van der Waals surface area contributed by atoms with Crippen LogP contribution in [0.15, 0.2) is 59.4 Å². The van der Waals surface area contributed by atoms with Gasteiger partial charge in [0.05, 0.1) is 12.2 Å². The average molecular weight is 441 g/mol. The Morgan fingerprint density at radius 1 is 1.20 bits per heavy atom. The minimum atomic E-state index is -0.322. The fraction of sp³-hybridized carbons (Fsp3) is 0.143. The second kappa shape index (κ2) is 8.64. The molecule has 0 saturated heterocycles. The lowest BCUT2D eigenvalue weighted by molar-refractivity contribution is -0.123. The first kappa shape index (κ1) is 20.1. The third kappa shape index (κ3) is 4.67. The lowest BCUT2D eigenvalue weighted by Crippen LogP contribution is -2.29. The summed E-state index contributed by atoms with van der Waals surface area (Å²) in [6.45, 7) is 1.96. The molecule has 1 N–H and O–H groups in total. The largest absolute Gasteiger partial charge is 0.484 e. The number of nitrogens with zero attached hydrogens (tertiary/aromatic N) is 3. The second-order valence-electron chi connectivity index (χ2n) is 6.58. The van der Waals surface area contributed by atoms with Crippen LogP contribution in [0.1, 0.15) is 11.3 Å². The van der Waals surface area contributed by atoms with Crippen molar-refractivity contribution in [1.82, 2.24) is 19.9 Å². The van der Waals surface area contributed by atoms with Gasteiger partial charge in [0.2, 0.25) is 4.96 Å². The number of hydrogen-bond acceptors (Lipinski definition) is 6. The van der Waals surface area contributed by atoms with Crippen LogP contribution in [0.2, 0.25) is 5.02 Å². The molecule has 0 aliphatic rings. The predicted octanol–water partition coefficient (Wildman–Crippen LogP) is 3.48. The van der Waals surface area contributed by atoms with Crippen LogP contribution in [-0.2, 0) is 11.3 Å². The first-order valence-corrected chi connectivity index (χ1v) is 10.3. The number of benzene rings is 2. The van der Waals surface area contributed by atoms with Gasteiger partial charge in [0.1, 0.15) is 10.8 Å². The number of halogens is 1. The van der Waals surface area contributed by atoms with Gasteiger partial charge in [0, 0.05) is 16.7 Å². The number of carbonyl (C=O) groups is 1. The summed E-state index contributed by atoms with van der Waals surface area (Å²) in [6, 6.07) is 16.0. The molecular weight excluding hydrogens is 424 g/mol. The fourth-order valence-corrected chi connectivity index (χ4v) is 3.81. The molecule has 0 aliphatic heterocycles. The number of ether oxygens (including phenoxy) is 1. The molecule has 2 aromatic carbocycles. The Kier molecular flexibility index (Phi) is 5.78. The zero-order valence-electron chi connectivity index (χ0n) is 16.0. The van der Waals surface area contributed by atoms with Gasteiger partial charge in [0.25, 0.3) is 11.5 Å². The number of amides is 1. The zero-order valence-corrected chi connectivity index (χ0v) is 17.5. The molecule has 0 atom stereocenters. The molecule has 4 aromatic rings. The predicted molar refractivity (Wildman–Crippen MR) is 116 cm³/mol. The summed E-state index contributed by atoms with van der Waals surface area (Å²) >= 11 is 7.14. The lowest BCUT2D eigenvalue weighted by atomic mass is 10.1. The van der Waals surface area contributed by atoms with E-state index in [0.717, 1.165) is 11.1 Å². The van der Waals surface area contributed by atoms with Crippen molar-refractivity contribution in [2.45, 2.75) is 13.5 Å². The van der Waals surface area contributed by atoms with E-state index in [1.165, 1.54) is 21.9 Å². The van der Waals surface area contributed by atoms with Crippen LogP contribution in [0.25, 0.3) is 15.5 Å². The second-order valence-corrected chi connectivity index (χ2v) is 7.97. The van der Waals surface area contributed by atoms with E-state index in [0.29, 0.717) is 26.4 Å². The number of carbonyl (C=O) groups excluding carboxylic acids is 1. The normalized spacial score (nSPS) is 10.9. The van der Waals surface area contributed by atoms with Gasteiger partial charge in [-0.3, -0.25) is 9.59 Å². The van der Waals surface area contributed by atoms with Gasteiger partial charge in [-0.1, -0.05) is 46.7 Å². The monoisotopic (exact) mass is 440 g/mol. The van der Waals surface area contributed by atoms with E-state index in [-0.39, 0.29) is 24.6 Å². The number of aryl methyl sites for hydroxylation is 1. The molecule has 0 saturated carbocycles. The molecule has 7 nitrogen and oxygen atoms in total. The molecule has 0 radical (unpaired) electrons. The maximum atomic E-state index is 12.4. The van der Waals surface area contributed by atoms with Crippen molar-refractivity contribution >= 4 is 33.8 Å². The highest BCUT2D eigenvalue weighted by atomic mass is 35.5. The van der Waals surface area contributed by atoms with E-state index in [1.807, 2.05) is 31.2 Å². The number of aromatic nitrogens is 3. The first-order valence-electron chi connectivity index (χ1n) is 9.10. The van der Waals surface area contributed by atoms with Gasteiger partial charge < -0.3 is 10.1 Å². The van der Waals surface area contributed by atoms with Crippen LogP contribution in [-0.4, -0.2) is 27.1 Å². The standard InChI is InChI=1S/C21H17ClN4O3S/c1-13-3-2-4-14(9-13)20-25-26-19(28)10-16(24-21(26)30-20)11-23-18(27)12-29-17-7-5-15(22)6-8-17/h2-10H,11-12H2,1H3,(H,23,27). The van der Waals surface area contributed by atoms with Crippen molar-refractivity contribution < 1.29 is 9.53 Å². The lowest BCUT2D eigenvalue weighted by Gasteiger charge is -2.07. The van der Waals surface area contributed by atoms with Gasteiger partial charge in [0.15, 0.2) is 6.61 Å². The summed E-state index contributed by atoms with van der Waals surface area (Å²) < 4.78 is 6.68. The summed E-state index contributed by atoms with van der Waals surface area (Å²) in [5.74, 6) is 0.220. The third-order valence-corrected chi connectivity index (χ3v) is 5.42. The van der Waals surface area contributed by atoms with E-state index < -0.39 is 0 Å². The Morgan fingerprint density at radius 2 is 2.00 bits per heavy atom. The minimum absolute atomic E-state index is 0.117. The fourth-order valence-electron chi connectivity index (χ4n) is 2.76. The molecule has 2 aromatic heterocycles. The third-order valence-electron chi connectivity index (χ3n) is 4.21. The van der Waals surface area contributed by atoms with Gasteiger partial charge in [-0.25, -0.2) is 4.98 Å². The van der Waals surface area contributed by atoms with Crippen LogP contribution >= 0.6 is 22.9 Å². The van der Waals surface area contributed by atoms with Crippen molar-refractivity contribution in [2.24, 2.45) is 0 Å². The molecule has 30 heavy (non-hydrogen) atoms. The minimum Gasteiger partial charge on any atom is -0.484 e. The molecule has 1 amide bonds. The highest BCUT2D eigenvalue weighted by Gasteiger charge is 2.12. The van der Waals surface area contributed by atoms with Crippen molar-refractivity contribution in [2.75, 3.05) is 6.61 Å². The number of rotatable bonds is 6. The van der Waals surface area contributed by atoms with Gasteiger partial charge in [-0.2, -0.15) is 9.61 Å². The van der Waals surface area contributed by atoms with Gasteiger partial charge in [-0.15, -0.1) is 0 Å². The van der Waals surface area contributed by atoms with Crippen LogP contribution < -0.4 is 15.6 Å². The Hall–Kier alpha value is -3.23. The maximum absolute atomic E-state index is 12.4. The molecular formula is C21H17ClN4O3S. The van der Waals surface area contributed by atoms with Gasteiger partial charge >= 0.3 is 0 Å².